The van der Waals surface area contributed by atoms with Crippen LogP contribution in [0.15, 0.2) is 17.3 Å². The minimum Gasteiger partial charge on any atom is -0.319 e. The Bertz CT molecular complexity index is 805. The van der Waals surface area contributed by atoms with Gasteiger partial charge >= 0.3 is 0 Å². The minimum atomic E-state index is -0.112. The molecule has 3 heterocycles. The van der Waals surface area contributed by atoms with Gasteiger partial charge in [0.1, 0.15) is 0 Å². The van der Waals surface area contributed by atoms with Gasteiger partial charge in [0.05, 0.1) is 12.0 Å². The largest absolute Gasteiger partial charge is 0.319 e. The van der Waals surface area contributed by atoms with E-state index in [-0.39, 0.29) is 5.56 Å². The van der Waals surface area contributed by atoms with E-state index in [2.05, 4.69) is 23.8 Å². The van der Waals surface area contributed by atoms with Gasteiger partial charge in [0.25, 0.3) is 5.56 Å². The van der Waals surface area contributed by atoms with Crippen LogP contribution in [0.2, 0.25) is 0 Å². The number of nitrogens with zero attached hydrogens (tertiary/aromatic N) is 5. The van der Waals surface area contributed by atoms with Crippen LogP contribution < -0.4 is 5.56 Å². The summed E-state index contributed by atoms with van der Waals surface area (Å²) >= 11 is 0. The van der Waals surface area contributed by atoms with E-state index in [9.17, 15) is 4.79 Å². The number of imidazole rings is 2. The van der Waals surface area contributed by atoms with E-state index in [1.165, 1.54) is 0 Å². The first-order valence-corrected chi connectivity index (χ1v) is 5.89. The number of fused-ring (bicyclic) bond motifs is 3. The maximum atomic E-state index is 12.2. The summed E-state index contributed by atoms with van der Waals surface area (Å²) in [6.45, 7) is 4.17. The van der Waals surface area contributed by atoms with Crippen LogP contribution in [0.4, 0.5) is 0 Å². The van der Waals surface area contributed by atoms with Gasteiger partial charge in [-0.2, -0.15) is 0 Å². The molecule has 0 bridgehead atoms. The van der Waals surface area contributed by atoms with E-state index in [0.29, 0.717) is 17.2 Å². The van der Waals surface area contributed by atoms with Crippen molar-refractivity contribution < 1.29 is 0 Å². The molecule has 0 saturated heterocycles. The molecule has 3 aromatic heterocycles. The zero-order valence-corrected chi connectivity index (χ0v) is 10.9. The van der Waals surface area contributed by atoms with Crippen molar-refractivity contribution in [1.29, 1.82) is 0 Å². The third-order valence-corrected chi connectivity index (χ3v) is 3.24. The average molecular weight is 245 g/mol. The third-order valence-electron chi connectivity index (χ3n) is 3.24. The molecule has 0 amide bonds. The van der Waals surface area contributed by atoms with Crippen LogP contribution in [0.5, 0.6) is 0 Å². The Labute approximate surface area is 104 Å². The van der Waals surface area contributed by atoms with Gasteiger partial charge in [-0.3, -0.25) is 13.8 Å². The monoisotopic (exact) mass is 245 g/mol. The molecule has 0 saturated carbocycles. The highest BCUT2D eigenvalue weighted by Gasteiger charge is 2.15. The Hall–Kier alpha value is -2.11. The Morgan fingerprint density at radius 1 is 1.28 bits per heavy atom. The maximum Gasteiger partial charge on any atom is 0.282 e. The lowest BCUT2D eigenvalue weighted by Gasteiger charge is -2.03. The molecule has 3 rings (SSSR count). The number of hydrogen-bond acceptors (Lipinski definition) is 3. The SMILES string of the molecule is CC(C)c1cn2c3c(ncn3C)c(=O)n(C)c2n1. The molecule has 0 radical (unpaired) electrons. The first-order valence-electron chi connectivity index (χ1n) is 5.89. The molecular formula is C12H15N5O. The molecule has 94 valence electrons. The molecule has 3 aromatic rings. The van der Waals surface area contributed by atoms with Crippen LogP contribution in [-0.4, -0.2) is 23.5 Å². The molecule has 0 spiro atoms. The van der Waals surface area contributed by atoms with Gasteiger partial charge in [-0.1, -0.05) is 13.8 Å². The fourth-order valence-electron chi connectivity index (χ4n) is 2.17. The van der Waals surface area contributed by atoms with E-state index in [4.69, 9.17) is 0 Å². The topological polar surface area (TPSA) is 57.1 Å². The van der Waals surface area contributed by atoms with Gasteiger partial charge < -0.3 is 4.57 Å². The lowest BCUT2D eigenvalue weighted by atomic mass is 10.2. The molecule has 0 unspecified atom stereocenters. The van der Waals surface area contributed by atoms with Crippen molar-refractivity contribution >= 4 is 16.9 Å². The molecule has 0 atom stereocenters. The molecule has 0 N–H and O–H groups in total. The van der Waals surface area contributed by atoms with Gasteiger partial charge in [-0.05, 0) is 5.92 Å². The molecule has 0 fully saturated rings. The first kappa shape index (κ1) is 11.0. The fraction of sp³-hybridized carbons (Fsp3) is 0.417. The maximum absolute atomic E-state index is 12.2. The van der Waals surface area contributed by atoms with E-state index < -0.39 is 0 Å². The van der Waals surface area contributed by atoms with Crippen LogP contribution >= 0.6 is 0 Å². The van der Waals surface area contributed by atoms with Crippen molar-refractivity contribution in [3.63, 3.8) is 0 Å². The number of rotatable bonds is 1. The molecular weight excluding hydrogens is 230 g/mol. The predicted octanol–water partition coefficient (Wildman–Crippen LogP) is 1.04. The Morgan fingerprint density at radius 3 is 2.67 bits per heavy atom. The summed E-state index contributed by atoms with van der Waals surface area (Å²) in [6.07, 6.45) is 3.63. The van der Waals surface area contributed by atoms with Crippen molar-refractivity contribution in [2.45, 2.75) is 19.8 Å². The van der Waals surface area contributed by atoms with Crippen molar-refractivity contribution in [2.75, 3.05) is 0 Å². The molecule has 18 heavy (non-hydrogen) atoms. The number of aromatic nitrogens is 5. The Kier molecular flexibility index (Phi) is 2.10. The summed E-state index contributed by atoms with van der Waals surface area (Å²) in [4.78, 5) is 20.9. The summed E-state index contributed by atoms with van der Waals surface area (Å²) in [5.41, 5.74) is 2.12. The van der Waals surface area contributed by atoms with Gasteiger partial charge in [-0.15, -0.1) is 0 Å². The second-order valence-corrected chi connectivity index (χ2v) is 4.88. The lowest BCUT2D eigenvalue weighted by Crippen LogP contribution is -2.20. The van der Waals surface area contributed by atoms with Gasteiger partial charge in [0.2, 0.25) is 5.78 Å². The quantitative estimate of drug-likeness (QED) is 0.643. The standard InChI is InChI=1S/C12H15N5O/c1-7(2)8-5-17-10-9(13-6-15(10)3)11(18)16(4)12(17)14-8/h5-7H,1-4H3. The fourth-order valence-corrected chi connectivity index (χ4v) is 2.17. The number of hydrogen-bond donors (Lipinski definition) is 0. The molecule has 0 aromatic carbocycles. The highest BCUT2D eigenvalue weighted by molar-refractivity contribution is 5.73. The van der Waals surface area contributed by atoms with E-state index in [0.717, 1.165) is 11.3 Å². The second kappa shape index (κ2) is 3.44. The molecule has 6 nitrogen and oxygen atoms in total. The highest BCUT2D eigenvalue weighted by Crippen LogP contribution is 2.17. The van der Waals surface area contributed by atoms with E-state index in [1.54, 1.807) is 17.9 Å². The van der Waals surface area contributed by atoms with Crippen LogP contribution in [0.3, 0.4) is 0 Å². The zero-order valence-electron chi connectivity index (χ0n) is 10.9. The molecule has 0 aliphatic carbocycles. The first-order chi connectivity index (χ1) is 8.50. The lowest BCUT2D eigenvalue weighted by molar-refractivity contribution is 0.823. The van der Waals surface area contributed by atoms with Crippen molar-refractivity contribution in [3.8, 4) is 0 Å². The number of aryl methyl sites for hydroxylation is 2. The molecule has 0 aliphatic heterocycles. The van der Waals surface area contributed by atoms with Crippen molar-refractivity contribution in [2.24, 2.45) is 14.1 Å². The molecule has 0 aliphatic rings. The van der Waals surface area contributed by atoms with E-state index in [1.807, 2.05) is 22.2 Å². The normalized spacial score (nSPS) is 12.1. The van der Waals surface area contributed by atoms with Crippen LogP contribution in [-0.2, 0) is 14.1 Å². The zero-order chi connectivity index (χ0) is 13.0. The van der Waals surface area contributed by atoms with Gasteiger partial charge in [-0.25, -0.2) is 9.97 Å². The van der Waals surface area contributed by atoms with Gasteiger partial charge in [0.15, 0.2) is 11.2 Å². The summed E-state index contributed by atoms with van der Waals surface area (Å²) in [5, 5.41) is 0. The third kappa shape index (κ3) is 1.25. The molecule has 6 heteroatoms. The second-order valence-electron chi connectivity index (χ2n) is 4.88. The van der Waals surface area contributed by atoms with Crippen LogP contribution in [0.1, 0.15) is 25.5 Å². The minimum absolute atomic E-state index is 0.112. The van der Waals surface area contributed by atoms with Crippen molar-refractivity contribution in [1.82, 2.24) is 23.5 Å². The summed E-state index contributed by atoms with van der Waals surface area (Å²) in [7, 11) is 3.60. The Balaban J connectivity index is 2.59. The average Bonchev–Trinajstić information content (AvgIpc) is 2.89. The smallest absolute Gasteiger partial charge is 0.282 e. The van der Waals surface area contributed by atoms with Crippen molar-refractivity contribution in [3.05, 3.63) is 28.6 Å². The van der Waals surface area contributed by atoms with Crippen LogP contribution in [0, 0.1) is 0 Å². The highest BCUT2D eigenvalue weighted by atomic mass is 16.1. The Morgan fingerprint density at radius 2 is 2.00 bits per heavy atom. The van der Waals surface area contributed by atoms with Gasteiger partial charge in [0, 0.05) is 20.3 Å². The predicted molar refractivity (Wildman–Crippen MR) is 68.8 cm³/mol. The summed E-state index contributed by atoms with van der Waals surface area (Å²) in [6, 6.07) is 0. The summed E-state index contributed by atoms with van der Waals surface area (Å²) < 4.78 is 5.32. The van der Waals surface area contributed by atoms with Crippen LogP contribution in [0.25, 0.3) is 16.9 Å². The summed E-state index contributed by atoms with van der Waals surface area (Å²) in [5.74, 6) is 0.975. The van der Waals surface area contributed by atoms with E-state index >= 15 is 0 Å².